The quantitative estimate of drug-likeness (QED) is 0.585. The third kappa shape index (κ3) is 4.55. The molecule has 25 heavy (non-hydrogen) atoms. The fourth-order valence-corrected chi connectivity index (χ4v) is 3.07. The van der Waals surface area contributed by atoms with E-state index in [2.05, 4.69) is 0 Å². The zero-order valence-corrected chi connectivity index (χ0v) is 15.0. The summed E-state index contributed by atoms with van der Waals surface area (Å²) in [5, 5.41) is 11.5. The van der Waals surface area contributed by atoms with Crippen LogP contribution in [0, 0.1) is 10.1 Å². The van der Waals surface area contributed by atoms with Gasteiger partial charge in [-0.15, -0.1) is 0 Å². The number of nitro benzene ring substituents is 1. The van der Waals surface area contributed by atoms with Crippen LogP contribution < -0.4 is 0 Å². The van der Waals surface area contributed by atoms with E-state index in [9.17, 15) is 23.3 Å². The highest BCUT2D eigenvalue weighted by molar-refractivity contribution is 7.90. The summed E-state index contributed by atoms with van der Waals surface area (Å²) < 4.78 is 23.4. The summed E-state index contributed by atoms with van der Waals surface area (Å²) >= 11 is 6.06. The van der Waals surface area contributed by atoms with Gasteiger partial charge in [-0.3, -0.25) is 14.9 Å². The van der Waals surface area contributed by atoms with Gasteiger partial charge >= 0.3 is 0 Å². The predicted molar refractivity (Wildman–Crippen MR) is 93.5 cm³/mol. The molecule has 0 saturated carbocycles. The van der Waals surface area contributed by atoms with Gasteiger partial charge in [-0.1, -0.05) is 29.8 Å². The minimum Gasteiger partial charge on any atom is -0.337 e. The van der Waals surface area contributed by atoms with Crippen molar-refractivity contribution in [2.75, 3.05) is 13.3 Å². The second-order valence-electron chi connectivity index (χ2n) is 5.50. The van der Waals surface area contributed by atoms with Crippen molar-refractivity contribution in [3.8, 4) is 0 Å². The molecule has 2 aromatic rings. The minimum atomic E-state index is -3.70. The number of benzene rings is 2. The number of sulfone groups is 1. The number of hydrogen-bond donors (Lipinski definition) is 0. The van der Waals surface area contributed by atoms with E-state index < -0.39 is 26.4 Å². The van der Waals surface area contributed by atoms with Crippen LogP contribution in [0.25, 0.3) is 0 Å². The molecule has 0 aliphatic heterocycles. The molecule has 0 aliphatic rings. The number of carbonyl (C=O) groups excluding carboxylic acids is 1. The monoisotopic (exact) mass is 382 g/mol. The highest BCUT2D eigenvalue weighted by Gasteiger charge is 2.21. The Kier molecular flexibility index (Phi) is 5.44. The van der Waals surface area contributed by atoms with Crippen molar-refractivity contribution in [1.82, 2.24) is 4.90 Å². The Morgan fingerprint density at radius 1 is 1.24 bits per heavy atom. The van der Waals surface area contributed by atoms with Crippen LogP contribution in [-0.4, -0.2) is 37.5 Å². The third-order valence-corrected chi connectivity index (χ3v) is 4.95. The molecule has 9 heteroatoms. The van der Waals surface area contributed by atoms with E-state index in [1.54, 1.807) is 24.3 Å². The molecule has 2 aromatic carbocycles. The predicted octanol–water partition coefficient (Wildman–Crippen LogP) is 2.92. The molecule has 0 N–H and O–H groups in total. The van der Waals surface area contributed by atoms with Crippen LogP contribution >= 0.6 is 11.6 Å². The van der Waals surface area contributed by atoms with Crippen molar-refractivity contribution in [1.29, 1.82) is 0 Å². The van der Waals surface area contributed by atoms with Crippen molar-refractivity contribution >= 4 is 33.0 Å². The lowest BCUT2D eigenvalue weighted by Crippen LogP contribution is -2.26. The van der Waals surface area contributed by atoms with Gasteiger partial charge in [-0.05, 0) is 17.7 Å². The topological polar surface area (TPSA) is 97.6 Å². The Labute approximate surface area is 149 Å². The van der Waals surface area contributed by atoms with Gasteiger partial charge in [0.2, 0.25) is 0 Å². The summed E-state index contributed by atoms with van der Waals surface area (Å²) in [5.74, 6) is -0.548. The first kappa shape index (κ1) is 18.9. The van der Waals surface area contributed by atoms with Crippen LogP contribution in [0.5, 0.6) is 0 Å². The van der Waals surface area contributed by atoms with Crippen LogP contribution in [0.2, 0.25) is 5.02 Å². The summed E-state index contributed by atoms with van der Waals surface area (Å²) in [6, 6.07) is 10.1. The van der Waals surface area contributed by atoms with E-state index in [0.29, 0.717) is 10.6 Å². The van der Waals surface area contributed by atoms with Gasteiger partial charge in [-0.25, -0.2) is 8.42 Å². The molecule has 7 nitrogen and oxygen atoms in total. The second-order valence-corrected chi connectivity index (χ2v) is 7.92. The molecule has 0 fully saturated rings. The zero-order chi connectivity index (χ0) is 18.8. The molecular formula is C16H15ClN2O5S. The number of rotatable bonds is 5. The Bertz CT molecular complexity index is 943. The molecule has 0 atom stereocenters. The van der Waals surface area contributed by atoms with Gasteiger partial charge in [0.15, 0.2) is 9.84 Å². The van der Waals surface area contributed by atoms with Crippen LogP contribution in [0.3, 0.4) is 0 Å². The number of carbonyl (C=O) groups is 1. The first-order chi connectivity index (χ1) is 11.6. The van der Waals surface area contributed by atoms with E-state index in [-0.39, 0.29) is 17.0 Å². The Hall–Kier alpha value is -2.45. The molecule has 0 aliphatic carbocycles. The van der Waals surface area contributed by atoms with Gasteiger partial charge in [0, 0.05) is 42.6 Å². The van der Waals surface area contributed by atoms with Crippen LogP contribution in [0.4, 0.5) is 5.69 Å². The number of hydrogen-bond acceptors (Lipinski definition) is 5. The maximum atomic E-state index is 12.6. The molecule has 0 unspecified atom stereocenters. The maximum absolute atomic E-state index is 12.6. The summed E-state index contributed by atoms with van der Waals surface area (Å²) in [5.41, 5.74) is 0.162. The maximum Gasteiger partial charge on any atom is 0.271 e. The minimum absolute atomic E-state index is 0.0795. The first-order valence-electron chi connectivity index (χ1n) is 7.08. The number of non-ortho nitro benzene ring substituents is 1. The molecule has 0 radical (unpaired) electrons. The number of nitro groups is 1. The standard InChI is InChI=1S/C16H15ClN2O5S/c1-18(10-11-5-3-4-6-15(11)17)16(20)12-7-13(19(21)22)9-14(8-12)25(2,23)24/h3-9H,10H2,1-2H3. The molecule has 132 valence electrons. The van der Waals surface area contributed by atoms with Crippen LogP contribution in [0.15, 0.2) is 47.4 Å². The van der Waals surface area contributed by atoms with E-state index in [1.165, 1.54) is 11.9 Å². The van der Waals surface area contributed by atoms with E-state index in [1.807, 2.05) is 0 Å². The van der Waals surface area contributed by atoms with E-state index >= 15 is 0 Å². The fourth-order valence-electron chi connectivity index (χ4n) is 2.20. The lowest BCUT2D eigenvalue weighted by molar-refractivity contribution is -0.385. The molecule has 1 amide bonds. The van der Waals surface area contributed by atoms with Crippen molar-refractivity contribution in [3.05, 3.63) is 68.7 Å². The van der Waals surface area contributed by atoms with Gasteiger partial charge < -0.3 is 4.90 Å². The summed E-state index contributed by atoms with van der Waals surface area (Å²) in [6.07, 6.45) is 0.924. The second kappa shape index (κ2) is 7.20. The Morgan fingerprint density at radius 2 is 1.88 bits per heavy atom. The van der Waals surface area contributed by atoms with Crippen molar-refractivity contribution in [3.63, 3.8) is 0 Å². The zero-order valence-electron chi connectivity index (χ0n) is 13.5. The fraction of sp³-hybridized carbons (Fsp3) is 0.188. The van der Waals surface area contributed by atoms with Crippen molar-refractivity contribution in [2.45, 2.75) is 11.4 Å². The summed E-state index contributed by atoms with van der Waals surface area (Å²) in [6.45, 7) is 0.176. The molecule has 0 spiro atoms. The molecule has 0 heterocycles. The summed E-state index contributed by atoms with van der Waals surface area (Å²) in [7, 11) is -2.20. The van der Waals surface area contributed by atoms with Gasteiger partial charge in [0.05, 0.1) is 9.82 Å². The highest BCUT2D eigenvalue weighted by atomic mass is 35.5. The molecule has 0 bridgehead atoms. The number of halogens is 1. The van der Waals surface area contributed by atoms with Gasteiger partial charge in [0.1, 0.15) is 0 Å². The highest BCUT2D eigenvalue weighted by Crippen LogP contribution is 2.23. The normalized spacial score (nSPS) is 11.2. The molecular weight excluding hydrogens is 368 g/mol. The van der Waals surface area contributed by atoms with Gasteiger partial charge in [0.25, 0.3) is 11.6 Å². The van der Waals surface area contributed by atoms with Gasteiger partial charge in [-0.2, -0.15) is 0 Å². The largest absolute Gasteiger partial charge is 0.337 e. The summed E-state index contributed by atoms with van der Waals surface area (Å²) in [4.78, 5) is 23.9. The SMILES string of the molecule is CN(Cc1ccccc1Cl)C(=O)c1cc([N+](=O)[O-])cc(S(C)(=O)=O)c1. The van der Waals surface area contributed by atoms with Crippen LogP contribution in [0.1, 0.15) is 15.9 Å². The van der Waals surface area contributed by atoms with E-state index in [0.717, 1.165) is 24.5 Å². The Balaban J connectivity index is 2.39. The smallest absolute Gasteiger partial charge is 0.271 e. The van der Waals surface area contributed by atoms with E-state index in [4.69, 9.17) is 11.6 Å². The lowest BCUT2D eigenvalue weighted by atomic mass is 10.1. The van der Waals surface area contributed by atoms with Crippen molar-refractivity contribution in [2.24, 2.45) is 0 Å². The molecule has 2 rings (SSSR count). The van der Waals surface area contributed by atoms with Crippen molar-refractivity contribution < 1.29 is 18.1 Å². The third-order valence-electron chi connectivity index (χ3n) is 3.49. The average Bonchev–Trinajstić information content (AvgIpc) is 2.54. The first-order valence-corrected chi connectivity index (χ1v) is 9.35. The molecule has 0 aromatic heterocycles. The lowest BCUT2D eigenvalue weighted by Gasteiger charge is -2.18. The molecule has 0 saturated heterocycles. The van der Waals surface area contributed by atoms with Crippen LogP contribution in [-0.2, 0) is 16.4 Å². The number of amides is 1. The Morgan fingerprint density at radius 3 is 2.44 bits per heavy atom. The number of nitrogens with zero attached hydrogens (tertiary/aromatic N) is 2. The average molecular weight is 383 g/mol.